The second-order valence-electron chi connectivity index (χ2n) is 4.85. The monoisotopic (exact) mass is 316 g/mol. The van der Waals surface area contributed by atoms with E-state index >= 15 is 0 Å². The Kier molecular flexibility index (Phi) is 4.60. The molecule has 0 unspecified atom stereocenters. The van der Waals surface area contributed by atoms with Crippen LogP contribution in [0, 0.1) is 12.7 Å². The lowest BCUT2D eigenvalue weighted by molar-refractivity contribution is -0.134. The fourth-order valence-corrected chi connectivity index (χ4v) is 3.53. The van der Waals surface area contributed by atoms with Crippen molar-refractivity contribution in [2.75, 3.05) is 32.8 Å². The predicted octanol–water partition coefficient (Wildman–Crippen LogP) is -0.0407. The first-order valence-corrected chi connectivity index (χ1v) is 7.95. The number of carbonyl (C=O) groups excluding carboxylic acids is 1. The Hall–Kier alpha value is -1.51. The number of halogens is 1. The summed E-state index contributed by atoms with van der Waals surface area (Å²) in [7, 11) is -3.89. The lowest BCUT2D eigenvalue weighted by Gasteiger charge is -2.33. The van der Waals surface area contributed by atoms with E-state index in [0.717, 1.165) is 10.4 Å². The molecule has 116 valence electrons. The molecule has 0 atom stereocenters. The summed E-state index contributed by atoms with van der Waals surface area (Å²) in [6.45, 7) is 1.62. The Bertz CT molecular complexity index is 648. The minimum absolute atomic E-state index is 0.129. The van der Waals surface area contributed by atoms with Crippen LogP contribution in [0.5, 0.6) is 0 Å². The highest BCUT2D eigenvalue weighted by atomic mass is 32.2. The van der Waals surface area contributed by atoms with Crippen LogP contribution in [-0.2, 0) is 14.8 Å². The van der Waals surface area contributed by atoms with Crippen LogP contribution in [0.4, 0.5) is 4.39 Å². The van der Waals surface area contributed by atoms with Crippen molar-refractivity contribution >= 4 is 15.9 Å². The first kappa shape index (κ1) is 15.9. The van der Waals surface area contributed by atoms with Gasteiger partial charge in [0.15, 0.2) is 0 Å². The maximum Gasteiger partial charge on any atom is 0.243 e. The van der Waals surface area contributed by atoms with Crippen LogP contribution in [0.25, 0.3) is 0 Å². The molecule has 1 fully saturated rings. The summed E-state index contributed by atoms with van der Waals surface area (Å²) in [4.78, 5) is 13.1. The minimum atomic E-state index is -3.89. The van der Waals surface area contributed by atoms with Gasteiger partial charge in [-0.05, 0) is 24.6 Å². The van der Waals surface area contributed by atoms with Crippen LogP contribution < -0.4 is 0 Å². The van der Waals surface area contributed by atoms with Crippen LogP contribution in [0.1, 0.15) is 5.56 Å². The number of hydrogen-bond donors (Lipinski definition) is 1. The number of aliphatic hydroxyl groups is 1. The SMILES string of the molecule is Cc1ccc(S(=O)(=O)N2CCN(CCO)C(=O)C2)cc1F. The number of aliphatic hydroxyl groups excluding tert-OH is 1. The fraction of sp³-hybridized carbons (Fsp3) is 0.462. The third kappa shape index (κ3) is 3.22. The topological polar surface area (TPSA) is 77.9 Å². The number of sulfonamides is 1. The average molecular weight is 316 g/mol. The smallest absolute Gasteiger partial charge is 0.243 e. The van der Waals surface area contributed by atoms with Crippen LogP contribution >= 0.6 is 0 Å². The highest BCUT2D eigenvalue weighted by Gasteiger charge is 2.32. The summed E-state index contributed by atoms with van der Waals surface area (Å²) in [5.74, 6) is -0.965. The van der Waals surface area contributed by atoms with Crippen molar-refractivity contribution in [3.63, 3.8) is 0 Å². The number of aryl methyl sites for hydroxylation is 1. The van der Waals surface area contributed by atoms with Crippen molar-refractivity contribution in [3.8, 4) is 0 Å². The van der Waals surface area contributed by atoms with Crippen molar-refractivity contribution in [1.29, 1.82) is 0 Å². The van der Waals surface area contributed by atoms with Gasteiger partial charge in [-0.1, -0.05) is 6.07 Å². The predicted molar refractivity (Wildman–Crippen MR) is 73.6 cm³/mol. The third-order valence-electron chi connectivity index (χ3n) is 3.43. The number of carbonyl (C=O) groups is 1. The van der Waals surface area contributed by atoms with Gasteiger partial charge >= 0.3 is 0 Å². The normalized spacial score (nSPS) is 17.3. The van der Waals surface area contributed by atoms with E-state index in [1.807, 2.05) is 0 Å². The van der Waals surface area contributed by atoms with Gasteiger partial charge in [0.1, 0.15) is 5.82 Å². The van der Waals surface area contributed by atoms with Gasteiger partial charge in [0.2, 0.25) is 15.9 Å². The molecule has 0 bridgehead atoms. The van der Waals surface area contributed by atoms with Gasteiger partial charge in [0.25, 0.3) is 0 Å². The van der Waals surface area contributed by atoms with E-state index < -0.39 is 15.8 Å². The molecule has 21 heavy (non-hydrogen) atoms. The molecular formula is C13H17FN2O4S. The van der Waals surface area contributed by atoms with E-state index in [-0.39, 0.29) is 43.6 Å². The van der Waals surface area contributed by atoms with Crippen LogP contribution in [0.2, 0.25) is 0 Å². The van der Waals surface area contributed by atoms with Crippen LogP contribution in [0.3, 0.4) is 0 Å². The van der Waals surface area contributed by atoms with E-state index in [2.05, 4.69) is 0 Å². The van der Waals surface area contributed by atoms with Gasteiger partial charge in [0, 0.05) is 19.6 Å². The third-order valence-corrected chi connectivity index (χ3v) is 5.28. The lowest BCUT2D eigenvalue weighted by Crippen LogP contribution is -2.52. The van der Waals surface area contributed by atoms with Crippen molar-refractivity contribution in [3.05, 3.63) is 29.6 Å². The molecule has 6 nitrogen and oxygen atoms in total. The van der Waals surface area contributed by atoms with Gasteiger partial charge in [-0.3, -0.25) is 4.79 Å². The van der Waals surface area contributed by atoms with Gasteiger partial charge < -0.3 is 10.0 Å². The molecule has 1 saturated heterocycles. The quantitative estimate of drug-likeness (QED) is 0.845. The van der Waals surface area contributed by atoms with Crippen molar-refractivity contribution in [2.24, 2.45) is 0 Å². The zero-order valence-electron chi connectivity index (χ0n) is 11.6. The van der Waals surface area contributed by atoms with Gasteiger partial charge in [-0.25, -0.2) is 12.8 Å². The molecule has 1 aliphatic heterocycles. The second kappa shape index (κ2) is 6.08. The number of hydrogen-bond acceptors (Lipinski definition) is 4. The van der Waals surface area contributed by atoms with Gasteiger partial charge in [-0.15, -0.1) is 0 Å². The first-order valence-electron chi connectivity index (χ1n) is 6.51. The molecule has 1 amide bonds. The molecule has 0 radical (unpaired) electrons. The Balaban J connectivity index is 2.21. The lowest BCUT2D eigenvalue weighted by atomic mass is 10.2. The Morgan fingerprint density at radius 2 is 2.05 bits per heavy atom. The van der Waals surface area contributed by atoms with Gasteiger partial charge in [-0.2, -0.15) is 4.31 Å². The molecule has 1 heterocycles. The molecule has 2 rings (SSSR count). The maximum absolute atomic E-state index is 13.5. The zero-order chi connectivity index (χ0) is 15.6. The highest BCUT2D eigenvalue weighted by Crippen LogP contribution is 2.20. The summed E-state index contributed by atoms with van der Waals surface area (Å²) in [5.41, 5.74) is 0.359. The van der Waals surface area contributed by atoms with Crippen molar-refractivity contribution in [2.45, 2.75) is 11.8 Å². The summed E-state index contributed by atoms with van der Waals surface area (Å²) < 4.78 is 39.4. The molecule has 1 N–H and O–H groups in total. The average Bonchev–Trinajstić information content (AvgIpc) is 2.44. The van der Waals surface area contributed by atoms with Gasteiger partial charge in [0.05, 0.1) is 18.0 Å². The number of nitrogens with zero attached hydrogens (tertiary/aromatic N) is 2. The van der Waals surface area contributed by atoms with E-state index in [1.54, 1.807) is 6.92 Å². The van der Waals surface area contributed by atoms with E-state index in [1.165, 1.54) is 17.0 Å². The number of benzene rings is 1. The molecule has 8 heteroatoms. The number of amides is 1. The highest BCUT2D eigenvalue weighted by molar-refractivity contribution is 7.89. The zero-order valence-corrected chi connectivity index (χ0v) is 12.4. The Labute approximate surface area is 122 Å². The van der Waals surface area contributed by atoms with Crippen LogP contribution in [0.15, 0.2) is 23.1 Å². The summed E-state index contributed by atoms with van der Waals surface area (Å²) >= 11 is 0. The second-order valence-corrected chi connectivity index (χ2v) is 6.79. The summed E-state index contributed by atoms with van der Waals surface area (Å²) in [6.07, 6.45) is 0. The molecular weight excluding hydrogens is 299 g/mol. The Morgan fingerprint density at radius 1 is 1.33 bits per heavy atom. The van der Waals surface area contributed by atoms with E-state index in [0.29, 0.717) is 5.56 Å². The maximum atomic E-state index is 13.5. The molecule has 0 saturated carbocycles. The van der Waals surface area contributed by atoms with Crippen molar-refractivity contribution < 1.29 is 22.7 Å². The number of rotatable bonds is 4. The van der Waals surface area contributed by atoms with Crippen molar-refractivity contribution in [1.82, 2.24) is 9.21 Å². The fourth-order valence-electron chi connectivity index (χ4n) is 2.13. The molecule has 1 aromatic rings. The van der Waals surface area contributed by atoms with Crippen LogP contribution in [-0.4, -0.2) is 61.4 Å². The molecule has 0 spiro atoms. The largest absolute Gasteiger partial charge is 0.395 e. The van der Waals surface area contributed by atoms with E-state index in [4.69, 9.17) is 5.11 Å². The number of β-amino-alcohol motifs (C(OH)–C–C–N with tert-alkyl or cyclic N) is 1. The number of piperazine rings is 1. The summed E-state index contributed by atoms with van der Waals surface area (Å²) in [6, 6.07) is 3.69. The molecule has 1 aliphatic rings. The standard InChI is InChI=1S/C13H17FN2O4S/c1-10-2-3-11(8-12(10)14)21(19,20)16-5-4-15(6-7-17)13(18)9-16/h2-3,8,17H,4-7,9H2,1H3. The molecule has 0 aromatic heterocycles. The molecule has 0 aliphatic carbocycles. The van der Waals surface area contributed by atoms with E-state index in [9.17, 15) is 17.6 Å². The Morgan fingerprint density at radius 3 is 2.62 bits per heavy atom. The summed E-state index contributed by atoms with van der Waals surface area (Å²) in [5, 5.41) is 8.83. The first-order chi connectivity index (χ1) is 9.86. The molecule has 1 aromatic carbocycles. The minimum Gasteiger partial charge on any atom is -0.395 e.